The van der Waals surface area contributed by atoms with Gasteiger partial charge in [0.25, 0.3) is 5.56 Å². The molecule has 5 rings (SSSR count). The number of aromatic nitrogens is 1. The summed E-state index contributed by atoms with van der Waals surface area (Å²) in [5.41, 5.74) is 3.06. The third kappa shape index (κ3) is 6.54. The minimum atomic E-state index is -0.807. The number of hydrogen-bond acceptors (Lipinski definition) is 9. The molecule has 1 aliphatic heterocycles. The summed E-state index contributed by atoms with van der Waals surface area (Å²) in [6.07, 6.45) is 1.68. The molecule has 1 atom stereocenters. The number of methoxy groups -OCH3 is 1. The van der Waals surface area contributed by atoms with E-state index in [1.807, 2.05) is 62.4 Å². The van der Waals surface area contributed by atoms with Gasteiger partial charge in [-0.05, 0) is 63.6 Å². The van der Waals surface area contributed by atoms with Crippen LogP contribution in [-0.2, 0) is 16.1 Å². The number of carbonyl (C=O) groups is 1. The molecule has 9 nitrogen and oxygen atoms in total. The predicted octanol–water partition coefficient (Wildman–Crippen LogP) is 5.04. The number of hydrogen-bond donors (Lipinski definition) is 0. The van der Waals surface area contributed by atoms with Crippen molar-refractivity contribution in [3.05, 3.63) is 120 Å². The summed E-state index contributed by atoms with van der Waals surface area (Å²) >= 11 is 1.22. The highest BCUT2D eigenvalue weighted by Gasteiger charge is 2.34. The van der Waals surface area contributed by atoms with Crippen molar-refractivity contribution in [3.63, 3.8) is 0 Å². The van der Waals surface area contributed by atoms with E-state index in [-0.39, 0.29) is 30.5 Å². The molecule has 0 spiro atoms. The maximum atomic E-state index is 14.2. The molecule has 0 N–H and O–H groups in total. The molecular formula is C35H33N3O6S. The number of rotatable bonds is 10. The van der Waals surface area contributed by atoms with Crippen molar-refractivity contribution >= 4 is 23.4 Å². The normalized spacial score (nSPS) is 14.4. The largest absolute Gasteiger partial charge is 0.493 e. The molecule has 0 radical (unpaired) electrons. The first kappa shape index (κ1) is 31.3. The van der Waals surface area contributed by atoms with E-state index in [0.717, 1.165) is 5.56 Å². The highest BCUT2D eigenvalue weighted by Crippen LogP contribution is 2.36. The lowest BCUT2D eigenvalue weighted by Gasteiger charge is -2.25. The number of fused-ring (bicyclic) bond motifs is 1. The summed E-state index contributed by atoms with van der Waals surface area (Å²) in [5, 5.41) is 9.46. The summed E-state index contributed by atoms with van der Waals surface area (Å²) in [6.45, 7) is 7.68. The van der Waals surface area contributed by atoms with Crippen LogP contribution >= 0.6 is 11.3 Å². The van der Waals surface area contributed by atoms with Crippen molar-refractivity contribution in [1.29, 1.82) is 5.26 Å². The zero-order chi connectivity index (χ0) is 32.1. The monoisotopic (exact) mass is 623 g/mol. The Morgan fingerprint density at radius 2 is 1.84 bits per heavy atom. The third-order valence-corrected chi connectivity index (χ3v) is 8.09. The van der Waals surface area contributed by atoms with Gasteiger partial charge in [0.2, 0.25) is 0 Å². The molecule has 3 aromatic carbocycles. The molecule has 0 amide bonds. The van der Waals surface area contributed by atoms with Crippen LogP contribution in [0.5, 0.6) is 17.2 Å². The fourth-order valence-corrected chi connectivity index (χ4v) is 6.13. The molecule has 4 aromatic rings. The SMILES string of the molecule is CCOC(=O)C1=C(C)N=c2s/c(=C/c3ccccc3OCc3ccccc3C#N)c(=O)n2[C@H]1c1ccc(OC(C)C)c(OC)c1. The Bertz CT molecular complexity index is 2000. The molecule has 0 fully saturated rings. The van der Waals surface area contributed by atoms with Gasteiger partial charge in [-0.25, -0.2) is 9.79 Å². The zero-order valence-electron chi connectivity index (χ0n) is 25.7. The predicted molar refractivity (Wildman–Crippen MR) is 171 cm³/mol. The Hall–Kier alpha value is -5.14. The van der Waals surface area contributed by atoms with E-state index in [0.29, 0.717) is 49.0 Å². The Morgan fingerprint density at radius 1 is 1.09 bits per heavy atom. The van der Waals surface area contributed by atoms with Gasteiger partial charge in [0.05, 0.1) is 53.3 Å². The van der Waals surface area contributed by atoms with Crippen molar-refractivity contribution in [2.24, 2.45) is 4.99 Å². The summed E-state index contributed by atoms with van der Waals surface area (Å²) in [7, 11) is 1.55. The van der Waals surface area contributed by atoms with Crippen molar-refractivity contribution < 1.29 is 23.7 Å². The number of nitrogens with zero attached hydrogens (tertiary/aromatic N) is 3. The molecule has 2 heterocycles. The topological polar surface area (TPSA) is 112 Å². The highest BCUT2D eigenvalue weighted by molar-refractivity contribution is 7.07. The molecule has 0 saturated heterocycles. The third-order valence-electron chi connectivity index (χ3n) is 7.11. The molecule has 1 aromatic heterocycles. The van der Waals surface area contributed by atoms with Crippen molar-refractivity contribution in [2.45, 2.75) is 46.4 Å². The summed E-state index contributed by atoms with van der Waals surface area (Å²) in [4.78, 5) is 32.6. The highest BCUT2D eigenvalue weighted by atomic mass is 32.1. The second kappa shape index (κ2) is 13.7. The number of esters is 1. The summed E-state index contributed by atoms with van der Waals surface area (Å²) in [5.74, 6) is 1.04. The lowest BCUT2D eigenvalue weighted by molar-refractivity contribution is -0.139. The van der Waals surface area contributed by atoms with Crippen LogP contribution in [0.4, 0.5) is 0 Å². The van der Waals surface area contributed by atoms with Crippen LogP contribution in [0.3, 0.4) is 0 Å². The van der Waals surface area contributed by atoms with Crippen LogP contribution in [0.15, 0.2) is 87.8 Å². The average molecular weight is 624 g/mol. The van der Waals surface area contributed by atoms with E-state index in [9.17, 15) is 14.9 Å². The fourth-order valence-electron chi connectivity index (χ4n) is 5.10. The van der Waals surface area contributed by atoms with Gasteiger partial charge in [0, 0.05) is 11.1 Å². The number of ether oxygens (including phenoxy) is 4. The van der Waals surface area contributed by atoms with E-state index < -0.39 is 12.0 Å². The molecular weight excluding hydrogens is 590 g/mol. The molecule has 0 aliphatic carbocycles. The van der Waals surface area contributed by atoms with Crippen molar-refractivity contribution in [2.75, 3.05) is 13.7 Å². The van der Waals surface area contributed by atoms with Gasteiger partial charge in [-0.2, -0.15) is 5.26 Å². The van der Waals surface area contributed by atoms with Crippen LogP contribution in [0, 0.1) is 11.3 Å². The van der Waals surface area contributed by atoms with E-state index in [4.69, 9.17) is 18.9 Å². The van der Waals surface area contributed by atoms with Gasteiger partial charge in [0.1, 0.15) is 12.4 Å². The Morgan fingerprint density at radius 3 is 2.58 bits per heavy atom. The van der Waals surface area contributed by atoms with Gasteiger partial charge in [-0.3, -0.25) is 9.36 Å². The van der Waals surface area contributed by atoms with E-state index in [1.165, 1.54) is 15.9 Å². The summed E-state index contributed by atoms with van der Waals surface area (Å²) in [6, 6.07) is 21.4. The standard InChI is InChI=1S/C35H33N3O6S/c1-6-42-34(40)31-22(4)37-35-38(32(31)24-15-16-28(44-21(2)3)29(17-24)41-5)33(39)30(45-35)18-23-11-9-10-14-27(23)43-20-26-13-8-7-12-25(26)19-36/h7-18,21,32H,6,20H2,1-5H3/b30-18+/t32-/m0/s1. The number of carbonyl (C=O) groups excluding carboxylic acids is 1. The minimum absolute atomic E-state index is 0.0763. The second-order valence-corrected chi connectivity index (χ2v) is 11.5. The fraction of sp³-hybridized carbons (Fsp3) is 0.257. The number of nitriles is 1. The minimum Gasteiger partial charge on any atom is -0.493 e. The van der Waals surface area contributed by atoms with E-state index in [2.05, 4.69) is 11.1 Å². The van der Waals surface area contributed by atoms with E-state index >= 15 is 0 Å². The van der Waals surface area contributed by atoms with Gasteiger partial charge in [-0.15, -0.1) is 0 Å². The summed E-state index contributed by atoms with van der Waals surface area (Å²) < 4.78 is 25.0. The number of allylic oxidation sites excluding steroid dienone is 1. The van der Waals surface area contributed by atoms with Crippen molar-refractivity contribution in [1.82, 2.24) is 4.57 Å². The maximum Gasteiger partial charge on any atom is 0.338 e. The number of benzene rings is 3. The van der Waals surface area contributed by atoms with Crippen LogP contribution in [0.1, 0.15) is 56.0 Å². The van der Waals surface area contributed by atoms with Gasteiger partial charge >= 0.3 is 5.97 Å². The van der Waals surface area contributed by atoms with Gasteiger partial charge < -0.3 is 18.9 Å². The van der Waals surface area contributed by atoms with Crippen LogP contribution in [0.2, 0.25) is 0 Å². The Kier molecular flexibility index (Phi) is 9.50. The Labute approximate surface area is 264 Å². The molecule has 230 valence electrons. The molecule has 1 aliphatic rings. The lowest BCUT2D eigenvalue weighted by Crippen LogP contribution is -2.40. The van der Waals surface area contributed by atoms with Crippen molar-refractivity contribution in [3.8, 4) is 23.3 Å². The first-order valence-electron chi connectivity index (χ1n) is 14.5. The molecule has 0 unspecified atom stereocenters. The number of para-hydroxylation sites is 1. The zero-order valence-corrected chi connectivity index (χ0v) is 26.5. The van der Waals surface area contributed by atoms with Crippen LogP contribution < -0.4 is 29.1 Å². The second-order valence-electron chi connectivity index (χ2n) is 10.5. The maximum absolute atomic E-state index is 14.2. The van der Waals surface area contributed by atoms with Crippen LogP contribution in [-0.4, -0.2) is 30.4 Å². The molecule has 0 bridgehead atoms. The molecule has 45 heavy (non-hydrogen) atoms. The van der Waals surface area contributed by atoms with Crippen LogP contribution in [0.25, 0.3) is 6.08 Å². The first-order valence-corrected chi connectivity index (χ1v) is 15.3. The Balaban J connectivity index is 1.62. The first-order chi connectivity index (χ1) is 21.7. The molecule has 0 saturated carbocycles. The average Bonchev–Trinajstić information content (AvgIpc) is 3.33. The lowest BCUT2D eigenvalue weighted by atomic mass is 9.95. The van der Waals surface area contributed by atoms with Gasteiger partial charge in [0.15, 0.2) is 16.3 Å². The number of thiazole rings is 1. The van der Waals surface area contributed by atoms with E-state index in [1.54, 1.807) is 45.2 Å². The molecule has 10 heteroatoms. The quantitative estimate of drug-likeness (QED) is 0.228. The van der Waals surface area contributed by atoms with Gasteiger partial charge in [-0.1, -0.05) is 53.8 Å². The smallest absolute Gasteiger partial charge is 0.338 e.